The van der Waals surface area contributed by atoms with Gasteiger partial charge in [0.1, 0.15) is 0 Å². The number of benzene rings is 1. The Hall–Kier alpha value is -1.57. The van der Waals surface area contributed by atoms with Crippen molar-refractivity contribution in [3.8, 4) is 0 Å². The number of rotatable bonds is 3. The highest BCUT2D eigenvalue weighted by Crippen LogP contribution is 2.04. The number of carbonyl (C=O) groups excluding carboxylic acids is 1. The summed E-state index contributed by atoms with van der Waals surface area (Å²) in [4.78, 5) is 11.2. The van der Waals surface area contributed by atoms with E-state index in [0.29, 0.717) is 0 Å². The van der Waals surface area contributed by atoms with Crippen LogP contribution in [-0.2, 0) is 4.79 Å². The Kier molecular flexibility index (Phi) is 3.76. The van der Waals surface area contributed by atoms with Gasteiger partial charge in [-0.3, -0.25) is 4.79 Å². The zero-order valence-electron chi connectivity index (χ0n) is 7.66. The quantitative estimate of drug-likeness (QED) is 0.703. The van der Waals surface area contributed by atoms with Crippen LogP contribution in [0, 0.1) is 0 Å². The fourth-order valence-corrected chi connectivity index (χ4v) is 0.930. The van der Waals surface area contributed by atoms with Crippen molar-refractivity contribution in [2.75, 3.05) is 5.32 Å². The van der Waals surface area contributed by atoms with E-state index in [0.717, 1.165) is 12.1 Å². The molecule has 0 saturated carbocycles. The molecule has 1 amide bonds. The SMILES string of the molecule is CCC=CC(=O)Nc1ccccc1. The van der Waals surface area contributed by atoms with Crippen molar-refractivity contribution < 1.29 is 4.79 Å². The molecule has 2 heteroatoms. The molecule has 0 aromatic heterocycles. The third-order valence-corrected chi connectivity index (χ3v) is 1.55. The second-order valence-electron chi connectivity index (χ2n) is 2.67. The molecule has 0 radical (unpaired) electrons. The van der Waals surface area contributed by atoms with Crippen LogP contribution in [0.1, 0.15) is 13.3 Å². The van der Waals surface area contributed by atoms with Gasteiger partial charge in [-0.2, -0.15) is 0 Å². The molecule has 13 heavy (non-hydrogen) atoms. The predicted octanol–water partition coefficient (Wildman–Crippen LogP) is 2.59. The van der Waals surface area contributed by atoms with Gasteiger partial charge >= 0.3 is 0 Å². The molecule has 0 heterocycles. The van der Waals surface area contributed by atoms with Crippen LogP contribution < -0.4 is 5.32 Å². The standard InChI is InChI=1S/C11H13NO/c1-2-3-9-11(13)12-10-7-5-4-6-8-10/h3-9H,2H2,1H3,(H,12,13). The highest BCUT2D eigenvalue weighted by atomic mass is 16.1. The lowest BCUT2D eigenvalue weighted by molar-refractivity contribution is -0.111. The van der Waals surface area contributed by atoms with Crippen molar-refractivity contribution in [1.29, 1.82) is 0 Å². The second kappa shape index (κ2) is 5.14. The summed E-state index contributed by atoms with van der Waals surface area (Å²) < 4.78 is 0. The van der Waals surface area contributed by atoms with Gasteiger partial charge in [-0.25, -0.2) is 0 Å². The van der Waals surface area contributed by atoms with E-state index in [1.165, 1.54) is 0 Å². The number of nitrogens with one attached hydrogen (secondary N) is 1. The second-order valence-corrected chi connectivity index (χ2v) is 2.67. The number of hydrogen-bond donors (Lipinski definition) is 1. The Labute approximate surface area is 78.3 Å². The lowest BCUT2D eigenvalue weighted by Gasteiger charge is -1.99. The molecule has 68 valence electrons. The molecule has 0 saturated heterocycles. The van der Waals surface area contributed by atoms with E-state index in [1.807, 2.05) is 43.3 Å². The van der Waals surface area contributed by atoms with Crippen molar-refractivity contribution in [1.82, 2.24) is 0 Å². The Morgan fingerprint density at radius 3 is 2.69 bits per heavy atom. The van der Waals surface area contributed by atoms with Gasteiger partial charge in [0.2, 0.25) is 5.91 Å². The maximum absolute atomic E-state index is 11.2. The number of para-hydroxylation sites is 1. The number of carbonyl (C=O) groups is 1. The fourth-order valence-electron chi connectivity index (χ4n) is 0.930. The summed E-state index contributed by atoms with van der Waals surface area (Å²) in [6.45, 7) is 1.99. The highest BCUT2D eigenvalue weighted by Gasteiger charge is 1.94. The maximum atomic E-state index is 11.2. The Bertz CT molecular complexity index is 290. The first-order valence-electron chi connectivity index (χ1n) is 4.35. The average molecular weight is 175 g/mol. The first-order chi connectivity index (χ1) is 6.33. The van der Waals surface area contributed by atoms with Gasteiger partial charge in [-0.15, -0.1) is 0 Å². The predicted molar refractivity (Wildman–Crippen MR) is 54.5 cm³/mol. The molecule has 1 N–H and O–H groups in total. The molecule has 1 aromatic rings. The summed E-state index contributed by atoms with van der Waals surface area (Å²) in [5.41, 5.74) is 0.827. The molecule has 0 aliphatic carbocycles. The number of hydrogen-bond acceptors (Lipinski definition) is 1. The molecule has 0 unspecified atom stereocenters. The molecule has 0 bridgehead atoms. The van der Waals surface area contributed by atoms with E-state index in [1.54, 1.807) is 6.08 Å². The van der Waals surface area contributed by atoms with E-state index in [4.69, 9.17) is 0 Å². The largest absolute Gasteiger partial charge is 0.323 e. The minimum absolute atomic E-state index is 0.0759. The average Bonchev–Trinajstić information content (AvgIpc) is 2.16. The number of allylic oxidation sites excluding steroid dienone is 1. The maximum Gasteiger partial charge on any atom is 0.248 e. The molecular formula is C11H13NO. The van der Waals surface area contributed by atoms with E-state index >= 15 is 0 Å². The van der Waals surface area contributed by atoms with E-state index in [9.17, 15) is 4.79 Å². The van der Waals surface area contributed by atoms with Gasteiger partial charge in [-0.1, -0.05) is 31.2 Å². The van der Waals surface area contributed by atoms with Gasteiger partial charge in [0.25, 0.3) is 0 Å². The van der Waals surface area contributed by atoms with Crippen LogP contribution in [0.5, 0.6) is 0 Å². The fraction of sp³-hybridized carbons (Fsp3) is 0.182. The summed E-state index contributed by atoms with van der Waals surface area (Å²) in [5, 5.41) is 2.75. The Morgan fingerprint density at radius 1 is 1.38 bits per heavy atom. The zero-order chi connectivity index (χ0) is 9.52. The van der Waals surface area contributed by atoms with Crippen LogP contribution in [0.15, 0.2) is 42.5 Å². The van der Waals surface area contributed by atoms with Crippen molar-refractivity contribution in [3.63, 3.8) is 0 Å². The molecule has 1 rings (SSSR count). The molecule has 0 aliphatic rings. The molecule has 1 aromatic carbocycles. The number of amides is 1. The van der Waals surface area contributed by atoms with Gasteiger partial charge in [0.15, 0.2) is 0 Å². The first kappa shape index (κ1) is 9.52. The number of anilines is 1. The normalized spacial score (nSPS) is 10.2. The van der Waals surface area contributed by atoms with Crippen molar-refractivity contribution >= 4 is 11.6 Å². The molecule has 2 nitrogen and oxygen atoms in total. The van der Waals surface area contributed by atoms with E-state index < -0.39 is 0 Å². The van der Waals surface area contributed by atoms with Crippen LogP contribution >= 0.6 is 0 Å². The summed E-state index contributed by atoms with van der Waals surface area (Å²) in [7, 11) is 0. The minimum Gasteiger partial charge on any atom is -0.323 e. The van der Waals surface area contributed by atoms with E-state index in [-0.39, 0.29) is 5.91 Å². The Balaban J connectivity index is 2.50. The summed E-state index contributed by atoms with van der Waals surface area (Å²) in [5.74, 6) is -0.0759. The zero-order valence-corrected chi connectivity index (χ0v) is 7.66. The summed E-state index contributed by atoms with van der Waals surface area (Å²) >= 11 is 0. The van der Waals surface area contributed by atoms with Crippen molar-refractivity contribution in [2.24, 2.45) is 0 Å². The van der Waals surface area contributed by atoms with Crippen LogP contribution in [0.2, 0.25) is 0 Å². The molecule has 0 spiro atoms. The topological polar surface area (TPSA) is 29.1 Å². The third kappa shape index (κ3) is 3.56. The lowest BCUT2D eigenvalue weighted by Crippen LogP contribution is -2.07. The van der Waals surface area contributed by atoms with Crippen LogP contribution in [0.25, 0.3) is 0 Å². The smallest absolute Gasteiger partial charge is 0.248 e. The van der Waals surface area contributed by atoms with Gasteiger partial charge < -0.3 is 5.32 Å². The third-order valence-electron chi connectivity index (χ3n) is 1.55. The molecule has 0 atom stereocenters. The highest BCUT2D eigenvalue weighted by molar-refractivity contribution is 5.99. The van der Waals surface area contributed by atoms with Gasteiger partial charge in [0.05, 0.1) is 0 Å². The van der Waals surface area contributed by atoms with Crippen LogP contribution in [-0.4, -0.2) is 5.91 Å². The minimum atomic E-state index is -0.0759. The Morgan fingerprint density at radius 2 is 2.08 bits per heavy atom. The van der Waals surface area contributed by atoms with E-state index in [2.05, 4.69) is 5.32 Å². The molecule has 0 aliphatic heterocycles. The van der Waals surface area contributed by atoms with Gasteiger partial charge in [-0.05, 0) is 24.6 Å². The van der Waals surface area contributed by atoms with Crippen LogP contribution in [0.3, 0.4) is 0 Å². The summed E-state index contributed by atoms with van der Waals surface area (Å²) in [6.07, 6.45) is 4.26. The molecule has 0 fully saturated rings. The van der Waals surface area contributed by atoms with Gasteiger partial charge in [0, 0.05) is 5.69 Å². The van der Waals surface area contributed by atoms with Crippen LogP contribution in [0.4, 0.5) is 5.69 Å². The van der Waals surface area contributed by atoms with Crippen molar-refractivity contribution in [2.45, 2.75) is 13.3 Å². The lowest BCUT2D eigenvalue weighted by atomic mass is 10.3. The monoisotopic (exact) mass is 175 g/mol. The summed E-state index contributed by atoms with van der Waals surface area (Å²) in [6, 6.07) is 9.41. The van der Waals surface area contributed by atoms with Crippen molar-refractivity contribution in [3.05, 3.63) is 42.5 Å². The molecular weight excluding hydrogens is 162 g/mol. The first-order valence-corrected chi connectivity index (χ1v) is 4.35.